The van der Waals surface area contributed by atoms with Crippen LogP contribution in [0.25, 0.3) is 5.69 Å². The van der Waals surface area contributed by atoms with Gasteiger partial charge in [0, 0.05) is 23.8 Å². The maximum atomic E-state index is 12.1. The van der Waals surface area contributed by atoms with Crippen molar-refractivity contribution in [3.05, 3.63) is 47.8 Å². The standard InChI is InChI=1S/C15H20N4O/c1-11-8-17-19(9-11)13-6-4-12(5-7-13)14(20)18-15(2,3)10-16/h4-9H,10,16H2,1-3H3,(H,18,20). The zero-order chi connectivity index (χ0) is 14.8. The predicted octanol–water partition coefficient (Wildman–Crippen LogP) is 1.65. The van der Waals surface area contributed by atoms with Gasteiger partial charge in [0.1, 0.15) is 0 Å². The highest BCUT2D eigenvalue weighted by Crippen LogP contribution is 2.11. The van der Waals surface area contributed by atoms with E-state index in [0.717, 1.165) is 11.3 Å². The number of nitrogens with two attached hydrogens (primary N) is 1. The number of nitrogens with zero attached hydrogens (tertiary/aromatic N) is 2. The second kappa shape index (κ2) is 5.46. The van der Waals surface area contributed by atoms with E-state index in [9.17, 15) is 4.79 Å². The molecule has 0 aliphatic heterocycles. The fourth-order valence-corrected chi connectivity index (χ4v) is 1.75. The molecule has 0 bridgehead atoms. The number of aryl methyl sites for hydroxylation is 1. The molecule has 0 spiro atoms. The third kappa shape index (κ3) is 3.24. The van der Waals surface area contributed by atoms with Crippen molar-refractivity contribution >= 4 is 5.91 Å². The van der Waals surface area contributed by atoms with Crippen LogP contribution in [0.5, 0.6) is 0 Å². The Labute approximate surface area is 118 Å². The number of nitrogens with one attached hydrogen (secondary N) is 1. The van der Waals surface area contributed by atoms with E-state index < -0.39 is 5.54 Å². The van der Waals surface area contributed by atoms with E-state index >= 15 is 0 Å². The SMILES string of the molecule is Cc1cnn(-c2ccc(C(=O)NC(C)(C)CN)cc2)c1. The average Bonchev–Trinajstić information content (AvgIpc) is 2.85. The van der Waals surface area contributed by atoms with Crippen molar-refractivity contribution < 1.29 is 4.79 Å². The molecule has 106 valence electrons. The summed E-state index contributed by atoms with van der Waals surface area (Å²) in [5.74, 6) is -0.122. The number of hydrogen-bond acceptors (Lipinski definition) is 3. The zero-order valence-corrected chi connectivity index (χ0v) is 12.1. The van der Waals surface area contributed by atoms with Gasteiger partial charge in [-0.05, 0) is 50.6 Å². The molecule has 1 aromatic heterocycles. The lowest BCUT2D eigenvalue weighted by Crippen LogP contribution is -2.48. The van der Waals surface area contributed by atoms with Crippen molar-refractivity contribution in [1.29, 1.82) is 0 Å². The van der Waals surface area contributed by atoms with Gasteiger partial charge < -0.3 is 11.1 Å². The van der Waals surface area contributed by atoms with Crippen LogP contribution in [0, 0.1) is 6.92 Å². The van der Waals surface area contributed by atoms with Crippen LogP contribution in [0.4, 0.5) is 0 Å². The summed E-state index contributed by atoms with van der Waals surface area (Å²) in [6.07, 6.45) is 3.73. The Morgan fingerprint density at radius 1 is 1.35 bits per heavy atom. The molecule has 2 rings (SSSR count). The Morgan fingerprint density at radius 2 is 2.00 bits per heavy atom. The normalized spacial score (nSPS) is 11.4. The van der Waals surface area contributed by atoms with Crippen LogP contribution in [-0.4, -0.2) is 27.8 Å². The summed E-state index contributed by atoms with van der Waals surface area (Å²) in [5, 5.41) is 7.13. The first-order valence-corrected chi connectivity index (χ1v) is 6.55. The third-order valence-electron chi connectivity index (χ3n) is 3.07. The van der Waals surface area contributed by atoms with Gasteiger partial charge in [-0.1, -0.05) is 0 Å². The van der Waals surface area contributed by atoms with Gasteiger partial charge in [-0.25, -0.2) is 4.68 Å². The molecule has 5 heteroatoms. The highest BCUT2D eigenvalue weighted by atomic mass is 16.1. The molecule has 0 atom stereocenters. The molecule has 0 aliphatic rings. The Morgan fingerprint density at radius 3 is 2.50 bits per heavy atom. The Kier molecular flexibility index (Phi) is 3.90. The molecule has 0 aliphatic carbocycles. The van der Waals surface area contributed by atoms with Gasteiger partial charge in [-0.15, -0.1) is 0 Å². The zero-order valence-electron chi connectivity index (χ0n) is 12.1. The molecule has 2 aromatic rings. The molecule has 0 saturated heterocycles. The number of carbonyl (C=O) groups is 1. The Bertz CT molecular complexity index is 599. The number of amides is 1. The molecule has 0 fully saturated rings. The highest BCUT2D eigenvalue weighted by Gasteiger charge is 2.19. The maximum absolute atomic E-state index is 12.1. The van der Waals surface area contributed by atoms with Crippen molar-refractivity contribution in [2.75, 3.05) is 6.54 Å². The molecular formula is C15H20N4O. The van der Waals surface area contributed by atoms with Gasteiger partial charge in [-0.3, -0.25) is 4.79 Å². The number of aromatic nitrogens is 2. The summed E-state index contributed by atoms with van der Waals surface area (Å²) in [4.78, 5) is 12.1. The molecule has 3 N–H and O–H groups in total. The predicted molar refractivity (Wildman–Crippen MR) is 78.9 cm³/mol. The Hall–Kier alpha value is -2.14. The average molecular weight is 272 g/mol. The lowest BCUT2D eigenvalue weighted by Gasteiger charge is -2.24. The highest BCUT2D eigenvalue weighted by molar-refractivity contribution is 5.94. The van der Waals surface area contributed by atoms with Crippen LogP contribution in [0.2, 0.25) is 0 Å². The molecule has 20 heavy (non-hydrogen) atoms. The Balaban J connectivity index is 2.14. The molecule has 1 amide bonds. The van der Waals surface area contributed by atoms with E-state index in [2.05, 4.69) is 10.4 Å². The number of benzene rings is 1. The number of hydrogen-bond donors (Lipinski definition) is 2. The summed E-state index contributed by atoms with van der Waals surface area (Å²) < 4.78 is 1.78. The number of rotatable bonds is 4. The van der Waals surface area contributed by atoms with Crippen molar-refractivity contribution in [1.82, 2.24) is 15.1 Å². The smallest absolute Gasteiger partial charge is 0.251 e. The maximum Gasteiger partial charge on any atom is 0.251 e. The van der Waals surface area contributed by atoms with Crippen molar-refractivity contribution in [2.45, 2.75) is 26.3 Å². The van der Waals surface area contributed by atoms with Gasteiger partial charge in [0.05, 0.1) is 11.9 Å². The summed E-state index contributed by atoms with van der Waals surface area (Å²) in [6.45, 7) is 6.17. The molecule has 0 saturated carbocycles. The van der Waals surface area contributed by atoms with Crippen molar-refractivity contribution in [3.8, 4) is 5.69 Å². The first-order valence-electron chi connectivity index (χ1n) is 6.55. The monoisotopic (exact) mass is 272 g/mol. The number of carbonyl (C=O) groups excluding carboxylic acids is 1. The van der Waals surface area contributed by atoms with E-state index in [0.29, 0.717) is 12.1 Å². The van der Waals surface area contributed by atoms with Gasteiger partial charge in [0.2, 0.25) is 0 Å². The first kappa shape index (κ1) is 14.3. The van der Waals surface area contributed by atoms with E-state index in [1.165, 1.54) is 0 Å². The molecular weight excluding hydrogens is 252 g/mol. The second-order valence-corrected chi connectivity index (χ2v) is 5.55. The molecule has 5 nitrogen and oxygen atoms in total. The van der Waals surface area contributed by atoms with Crippen LogP contribution in [0.1, 0.15) is 29.8 Å². The third-order valence-corrected chi connectivity index (χ3v) is 3.07. The van der Waals surface area contributed by atoms with Crippen molar-refractivity contribution in [3.63, 3.8) is 0 Å². The van der Waals surface area contributed by atoms with Gasteiger partial charge >= 0.3 is 0 Å². The van der Waals surface area contributed by atoms with Crippen LogP contribution >= 0.6 is 0 Å². The molecule has 1 aromatic carbocycles. The summed E-state index contributed by atoms with van der Waals surface area (Å²) in [7, 11) is 0. The van der Waals surface area contributed by atoms with Gasteiger partial charge in [-0.2, -0.15) is 5.10 Å². The molecule has 0 unspecified atom stereocenters. The minimum absolute atomic E-state index is 0.122. The summed E-state index contributed by atoms with van der Waals surface area (Å²) >= 11 is 0. The van der Waals surface area contributed by atoms with Crippen LogP contribution in [0.3, 0.4) is 0 Å². The topological polar surface area (TPSA) is 72.9 Å². The second-order valence-electron chi connectivity index (χ2n) is 5.55. The lowest BCUT2D eigenvalue weighted by atomic mass is 10.1. The fourth-order valence-electron chi connectivity index (χ4n) is 1.75. The molecule has 1 heterocycles. The minimum atomic E-state index is -0.408. The first-order chi connectivity index (χ1) is 9.41. The molecule has 0 radical (unpaired) electrons. The van der Waals surface area contributed by atoms with Crippen LogP contribution in [0.15, 0.2) is 36.7 Å². The van der Waals surface area contributed by atoms with E-state index in [4.69, 9.17) is 5.73 Å². The van der Waals surface area contributed by atoms with E-state index in [-0.39, 0.29) is 5.91 Å². The summed E-state index contributed by atoms with van der Waals surface area (Å²) in [5.41, 5.74) is 7.83. The minimum Gasteiger partial charge on any atom is -0.346 e. The van der Waals surface area contributed by atoms with E-state index in [1.807, 2.05) is 39.1 Å². The van der Waals surface area contributed by atoms with Gasteiger partial charge in [0.25, 0.3) is 5.91 Å². The van der Waals surface area contributed by atoms with Crippen LogP contribution < -0.4 is 11.1 Å². The lowest BCUT2D eigenvalue weighted by molar-refractivity contribution is 0.0915. The van der Waals surface area contributed by atoms with Gasteiger partial charge in [0.15, 0.2) is 0 Å². The quantitative estimate of drug-likeness (QED) is 0.888. The van der Waals surface area contributed by atoms with Crippen LogP contribution in [-0.2, 0) is 0 Å². The van der Waals surface area contributed by atoms with Crippen molar-refractivity contribution in [2.24, 2.45) is 5.73 Å². The van der Waals surface area contributed by atoms with E-state index in [1.54, 1.807) is 23.0 Å². The summed E-state index contributed by atoms with van der Waals surface area (Å²) in [6, 6.07) is 7.32. The fraction of sp³-hybridized carbons (Fsp3) is 0.333. The largest absolute Gasteiger partial charge is 0.346 e.